The zero-order chi connectivity index (χ0) is 15.1. The van der Waals surface area contributed by atoms with Crippen LogP contribution in [-0.2, 0) is 0 Å². The maximum absolute atomic E-state index is 12.2. The lowest BCUT2D eigenvalue weighted by Crippen LogP contribution is -2.26. The van der Waals surface area contributed by atoms with E-state index in [1.165, 1.54) is 12.3 Å². The summed E-state index contributed by atoms with van der Waals surface area (Å²) in [6.45, 7) is -2.78. The fourth-order valence-electron chi connectivity index (χ4n) is 1.50. The topological polar surface area (TPSA) is 76.5 Å². The Morgan fingerprint density at radius 1 is 1.33 bits per heavy atom. The summed E-state index contributed by atoms with van der Waals surface area (Å²) in [5, 5.41) is 12.6. The van der Waals surface area contributed by atoms with Gasteiger partial charge in [-0.05, 0) is 12.1 Å². The Morgan fingerprint density at radius 3 is 2.86 bits per heavy atom. The van der Waals surface area contributed by atoms with Crippen molar-refractivity contribution >= 4 is 17.4 Å². The summed E-state index contributed by atoms with van der Waals surface area (Å²) in [5.74, 6) is 0.352. The number of hydrogen-bond acceptors (Lipinski definition) is 7. The number of anilines is 1. The van der Waals surface area contributed by atoms with Gasteiger partial charge in [0.1, 0.15) is 24.7 Å². The number of benzene rings is 1. The van der Waals surface area contributed by atoms with Crippen molar-refractivity contribution in [2.75, 3.05) is 18.5 Å². The fraction of sp³-hybridized carbons (Fsp3) is 0.333. The molecule has 0 amide bonds. The van der Waals surface area contributed by atoms with Gasteiger partial charge in [-0.15, -0.1) is 4.37 Å². The molecule has 0 fully saturated rings. The smallest absolute Gasteiger partial charge is 0.387 e. The fourth-order valence-corrected chi connectivity index (χ4v) is 1.86. The molecule has 0 aliphatic rings. The molecule has 0 spiro atoms. The third-order valence-electron chi connectivity index (χ3n) is 2.40. The second-order valence-corrected chi connectivity index (χ2v) is 4.52. The van der Waals surface area contributed by atoms with E-state index in [0.717, 1.165) is 11.7 Å². The molecule has 0 aliphatic heterocycles. The molecule has 2 aromatic rings. The Morgan fingerprint density at radius 2 is 2.14 bits per heavy atom. The summed E-state index contributed by atoms with van der Waals surface area (Å²) < 4.78 is 41.6. The normalized spacial score (nSPS) is 12.2. The zero-order valence-corrected chi connectivity index (χ0v) is 11.6. The van der Waals surface area contributed by atoms with Crippen molar-refractivity contribution in [1.29, 1.82) is 0 Å². The van der Waals surface area contributed by atoms with Crippen LogP contribution >= 0.6 is 11.7 Å². The van der Waals surface area contributed by atoms with Crippen LogP contribution in [0.3, 0.4) is 0 Å². The van der Waals surface area contributed by atoms with Crippen LogP contribution in [0.15, 0.2) is 30.5 Å². The molecule has 6 nitrogen and oxygen atoms in total. The Labute approximate surface area is 123 Å². The molecular weight excluding hydrogens is 304 g/mol. The highest BCUT2D eigenvalue weighted by Crippen LogP contribution is 2.25. The van der Waals surface area contributed by atoms with Gasteiger partial charge in [-0.3, -0.25) is 0 Å². The highest BCUT2D eigenvalue weighted by atomic mass is 32.1. The van der Waals surface area contributed by atoms with E-state index in [1.807, 2.05) is 0 Å². The van der Waals surface area contributed by atoms with E-state index in [1.54, 1.807) is 18.2 Å². The number of nitrogens with zero attached hydrogens (tertiary/aromatic N) is 2. The minimum Gasteiger partial charge on any atom is -0.473 e. The van der Waals surface area contributed by atoms with Gasteiger partial charge in [-0.1, -0.05) is 12.1 Å². The SMILES string of the molecule is OC(CNc1ccccc1OC(F)F)COc1cnsn1. The molecule has 0 bridgehead atoms. The van der Waals surface area contributed by atoms with E-state index in [-0.39, 0.29) is 18.9 Å². The van der Waals surface area contributed by atoms with Crippen molar-refractivity contribution in [3.8, 4) is 11.6 Å². The number of aliphatic hydroxyl groups excluding tert-OH is 1. The summed E-state index contributed by atoms with van der Waals surface area (Å²) >= 11 is 0.999. The highest BCUT2D eigenvalue weighted by Gasteiger charge is 2.11. The maximum atomic E-state index is 12.2. The molecule has 1 unspecified atom stereocenters. The number of rotatable bonds is 8. The lowest BCUT2D eigenvalue weighted by Gasteiger charge is -2.15. The van der Waals surface area contributed by atoms with Crippen LogP contribution in [0.1, 0.15) is 0 Å². The van der Waals surface area contributed by atoms with Gasteiger partial charge in [0, 0.05) is 6.54 Å². The van der Waals surface area contributed by atoms with E-state index >= 15 is 0 Å². The van der Waals surface area contributed by atoms with Crippen LogP contribution in [-0.4, -0.2) is 39.7 Å². The molecule has 1 atom stereocenters. The van der Waals surface area contributed by atoms with Gasteiger partial charge < -0.3 is 19.9 Å². The van der Waals surface area contributed by atoms with Gasteiger partial charge in [0.2, 0.25) is 5.88 Å². The lowest BCUT2D eigenvalue weighted by atomic mass is 10.2. The zero-order valence-electron chi connectivity index (χ0n) is 10.8. The Bertz CT molecular complexity index is 542. The first kappa shape index (κ1) is 15.4. The molecule has 21 heavy (non-hydrogen) atoms. The standard InChI is InChI=1S/C12H13F2N3O3S/c13-12(14)20-10-4-2-1-3-9(10)15-5-8(18)7-19-11-6-16-21-17-11/h1-4,6,8,12,15,18H,5,7H2. The molecule has 0 radical (unpaired) electrons. The van der Waals surface area contributed by atoms with Gasteiger partial charge in [-0.2, -0.15) is 13.2 Å². The molecule has 0 saturated carbocycles. The van der Waals surface area contributed by atoms with Crippen molar-refractivity contribution in [3.05, 3.63) is 30.5 Å². The van der Waals surface area contributed by atoms with Crippen molar-refractivity contribution in [2.24, 2.45) is 0 Å². The van der Waals surface area contributed by atoms with E-state index in [9.17, 15) is 13.9 Å². The molecule has 0 saturated heterocycles. The minimum absolute atomic E-state index is 0.0102. The van der Waals surface area contributed by atoms with Crippen molar-refractivity contribution in [2.45, 2.75) is 12.7 Å². The Kier molecular flexibility index (Phi) is 5.64. The summed E-state index contributed by atoms with van der Waals surface area (Å²) in [5.41, 5.74) is 0.368. The molecule has 9 heteroatoms. The van der Waals surface area contributed by atoms with Crippen LogP contribution in [0.4, 0.5) is 14.5 Å². The van der Waals surface area contributed by atoms with Crippen LogP contribution < -0.4 is 14.8 Å². The number of hydrogen-bond donors (Lipinski definition) is 2. The molecule has 2 rings (SSSR count). The van der Waals surface area contributed by atoms with Crippen LogP contribution in [0.5, 0.6) is 11.6 Å². The quantitative estimate of drug-likeness (QED) is 0.775. The van der Waals surface area contributed by atoms with E-state index < -0.39 is 12.7 Å². The number of aliphatic hydroxyl groups is 1. The first-order valence-electron chi connectivity index (χ1n) is 6.01. The summed E-state index contributed by atoms with van der Waals surface area (Å²) in [4.78, 5) is 0. The Balaban J connectivity index is 1.81. The largest absolute Gasteiger partial charge is 0.473 e. The monoisotopic (exact) mass is 317 g/mol. The molecule has 2 N–H and O–H groups in total. The predicted molar refractivity (Wildman–Crippen MR) is 73.0 cm³/mol. The van der Waals surface area contributed by atoms with Gasteiger partial charge in [-0.25, -0.2) is 0 Å². The number of nitrogens with one attached hydrogen (secondary N) is 1. The van der Waals surface area contributed by atoms with Crippen molar-refractivity contribution in [1.82, 2.24) is 8.75 Å². The van der Waals surface area contributed by atoms with E-state index in [2.05, 4.69) is 18.8 Å². The van der Waals surface area contributed by atoms with Gasteiger partial charge in [0.25, 0.3) is 0 Å². The van der Waals surface area contributed by atoms with Crippen LogP contribution in [0.25, 0.3) is 0 Å². The summed E-state index contributed by atoms with van der Waals surface area (Å²) in [6, 6.07) is 6.25. The number of halogens is 2. The molecule has 1 aromatic carbocycles. The summed E-state index contributed by atoms with van der Waals surface area (Å²) in [6.07, 6.45) is 0.600. The predicted octanol–water partition coefficient (Wildman–Crippen LogP) is 1.99. The molecule has 1 heterocycles. The molecule has 114 valence electrons. The third-order valence-corrected chi connectivity index (χ3v) is 2.86. The average molecular weight is 317 g/mol. The van der Waals surface area contributed by atoms with Crippen LogP contribution in [0, 0.1) is 0 Å². The first-order chi connectivity index (χ1) is 10.1. The van der Waals surface area contributed by atoms with Gasteiger partial charge in [0.05, 0.1) is 17.4 Å². The number of aromatic nitrogens is 2. The maximum Gasteiger partial charge on any atom is 0.387 e. The molecular formula is C12H13F2N3O3S. The second kappa shape index (κ2) is 7.70. The van der Waals surface area contributed by atoms with Crippen molar-refractivity contribution < 1.29 is 23.4 Å². The number of para-hydroxylation sites is 2. The lowest BCUT2D eigenvalue weighted by molar-refractivity contribution is -0.0493. The Hall–Kier alpha value is -2.00. The van der Waals surface area contributed by atoms with Crippen molar-refractivity contribution in [3.63, 3.8) is 0 Å². The molecule has 0 aliphatic carbocycles. The third kappa shape index (κ3) is 5.12. The first-order valence-corrected chi connectivity index (χ1v) is 6.74. The summed E-state index contributed by atoms with van der Waals surface area (Å²) in [7, 11) is 0. The van der Waals surface area contributed by atoms with E-state index in [0.29, 0.717) is 11.6 Å². The van der Waals surface area contributed by atoms with Gasteiger partial charge >= 0.3 is 6.61 Å². The minimum atomic E-state index is -2.90. The highest BCUT2D eigenvalue weighted by molar-refractivity contribution is 6.99. The number of ether oxygens (including phenoxy) is 2. The molecule has 1 aromatic heterocycles. The van der Waals surface area contributed by atoms with Gasteiger partial charge in [0.15, 0.2) is 0 Å². The average Bonchev–Trinajstić information content (AvgIpc) is 2.97. The second-order valence-electron chi connectivity index (χ2n) is 3.97. The number of alkyl halides is 2. The van der Waals surface area contributed by atoms with E-state index in [4.69, 9.17) is 4.74 Å². The van der Waals surface area contributed by atoms with Crippen LogP contribution in [0.2, 0.25) is 0 Å².